The van der Waals surface area contributed by atoms with Gasteiger partial charge in [-0.25, -0.2) is 14.6 Å². The highest BCUT2D eigenvalue weighted by Crippen LogP contribution is 2.11. The van der Waals surface area contributed by atoms with Gasteiger partial charge in [0.1, 0.15) is 0 Å². The van der Waals surface area contributed by atoms with Crippen molar-refractivity contribution in [2.45, 2.75) is 33.9 Å². The highest BCUT2D eigenvalue weighted by molar-refractivity contribution is 7.09. The predicted molar refractivity (Wildman–Crippen MR) is 88.2 cm³/mol. The van der Waals surface area contributed by atoms with E-state index in [0.29, 0.717) is 0 Å². The molecule has 0 saturated heterocycles. The third-order valence-corrected chi connectivity index (χ3v) is 4.16. The minimum atomic E-state index is 0.779. The Bertz CT molecular complexity index is 757. The van der Waals surface area contributed by atoms with E-state index in [1.54, 1.807) is 11.3 Å². The number of hydrogen-bond acceptors (Lipinski definition) is 5. The molecule has 0 unspecified atom stereocenters. The van der Waals surface area contributed by atoms with Crippen molar-refractivity contribution in [2.24, 2.45) is 0 Å². The Morgan fingerprint density at radius 2 is 2.05 bits per heavy atom. The Morgan fingerprint density at radius 3 is 2.64 bits per heavy atom. The van der Waals surface area contributed by atoms with Crippen LogP contribution in [0.5, 0.6) is 0 Å². The fourth-order valence-electron chi connectivity index (χ4n) is 2.33. The van der Waals surface area contributed by atoms with Crippen molar-refractivity contribution in [3.05, 3.63) is 57.4 Å². The lowest BCUT2D eigenvalue weighted by atomic mass is 10.2. The minimum absolute atomic E-state index is 0.779. The number of rotatable bonds is 5. The molecular weight excluding hydrogens is 294 g/mol. The van der Waals surface area contributed by atoms with Gasteiger partial charge in [-0.3, -0.25) is 0 Å². The molecule has 1 N–H and O–H groups in total. The van der Waals surface area contributed by atoms with Gasteiger partial charge in [0.25, 0.3) is 0 Å². The number of aryl methyl sites for hydroxylation is 3. The molecule has 0 aliphatic rings. The molecule has 22 heavy (non-hydrogen) atoms. The van der Waals surface area contributed by atoms with E-state index in [1.807, 2.05) is 43.8 Å². The molecule has 0 atom stereocenters. The minimum Gasteiger partial charge on any atom is -0.307 e. The number of nitrogens with zero attached hydrogens (tertiary/aromatic N) is 4. The molecule has 0 radical (unpaired) electrons. The van der Waals surface area contributed by atoms with E-state index in [4.69, 9.17) is 0 Å². The highest BCUT2D eigenvalue weighted by atomic mass is 32.1. The normalized spacial score (nSPS) is 11.0. The molecule has 3 aromatic heterocycles. The molecule has 3 rings (SSSR count). The van der Waals surface area contributed by atoms with Crippen molar-refractivity contribution in [2.75, 3.05) is 0 Å². The van der Waals surface area contributed by atoms with E-state index in [9.17, 15) is 0 Å². The first-order valence-corrected chi connectivity index (χ1v) is 8.10. The molecule has 0 spiro atoms. The van der Waals surface area contributed by atoms with Crippen molar-refractivity contribution < 1.29 is 0 Å². The zero-order chi connectivity index (χ0) is 15.5. The summed E-state index contributed by atoms with van der Waals surface area (Å²) in [5, 5.41) is 11.0. The lowest BCUT2D eigenvalue weighted by molar-refractivity contribution is 0.678. The second kappa shape index (κ2) is 6.37. The molecule has 0 saturated carbocycles. The summed E-state index contributed by atoms with van der Waals surface area (Å²) < 4.78 is 1.87. The molecule has 114 valence electrons. The molecule has 3 aromatic rings. The molecule has 0 amide bonds. The molecule has 6 heteroatoms. The van der Waals surface area contributed by atoms with Crippen LogP contribution in [0.2, 0.25) is 0 Å². The summed E-state index contributed by atoms with van der Waals surface area (Å²) in [6, 6.07) is 6.13. The fourth-order valence-corrected chi connectivity index (χ4v) is 2.94. The number of pyridine rings is 1. The third-order valence-electron chi connectivity index (χ3n) is 3.34. The first-order valence-electron chi connectivity index (χ1n) is 7.22. The van der Waals surface area contributed by atoms with Crippen molar-refractivity contribution in [3.8, 4) is 5.82 Å². The summed E-state index contributed by atoms with van der Waals surface area (Å²) in [6.45, 7) is 7.61. The summed E-state index contributed by atoms with van der Waals surface area (Å²) in [4.78, 5) is 8.94. The molecular formula is C16H19N5S. The van der Waals surface area contributed by atoms with Crippen LogP contribution in [0.15, 0.2) is 29.8 Å². The monoisotopic (exact) mass is 313 g/mol. The maximum atomic E-state index is 4.50. The average Bonchev–Trinajstić information content (AvgIpc) is 3.05. The Kier molecular flexibility index (Phi) is 4.31. The number of hydrogen-bond donors (Lipinski definition) is 1. The molecule has 0 aromatic carbocycles. The van der Waals surface area contributed by atoms with Gasteiger partial charge < -0.3 is 5.32 Å². The van der Waals surface area contributed by atoms with Gasteiger partial charge in [-0.05, 0) is 38.5 Å². The summed E-state index contributed by atoms with van der Waals surface area (Å²) in [6.07, 6.45) is 1.89. The lowest BCUT2D eigenvalue weighted by Gasteiger charge is -2.06. The first-order chi connectivity index (χ1) is 10.6. The van der Waals surface area contributed by atoms with E-state index in [0.717, 1.165) is 46.6 Å². The summed E-state index contributed by atoms with van der Waals surface area (Å²) in [5.74, 6) is 0.851. The Hall–Kier alpha value is -2.05. The van der Waals surface area contributed by atoms with Gasteiger partial charge in [0, 0.05) is 30.4 Å². The topological polar surface area (TPSA) is 55.6 Å². The first kappa shape index (κ1) is 14.9. The van der Waals surface area contributed by atoms with Gasteiger partial charge in [0.2, 0.25) is 0 Å². The van der Waals surface area contributed by atoms with E-state index >= 15 is 0 Å². The van der Waals surface area contributed by atoms with Gasteiger partial charge in [-0.15, -0.1) is 11.3 Å². The quantitative estimate of drug-likeness (QED) is 0.787. The van der Waals surface area contributed by atoms with Crippen LogP contribution in [0.4, 0.5) is 0 Å². The second-order valence-corrected chi connectivity index (χ2v) is 6.39. The van der Waals surface area contributed by atoms with Gasteiger partial charge in [0.05, 0.1) is 16.4 Å². The molecule has 0 aliphatic carbocycles. The average molecular weight is 313 g/mol. The lowest BCUT2D eigenvalue weighted by Crippen LogP contribution is -2.13. The zero-order valence-electron chi connectivity index (χ0n) is 13.0. The highest BCUT2D eigenvalue weighted by Gasteiger charge is 2.05. The number of thiazole rings is 1. The van der Waals surface area contributed by atoms with E-state index in [2.05, 4.69) is 31.8 Å². The van der Waals surface area contributed by atoms with Crippen LogP contribution >= 0.6 is 11.3 Å². The van der Waals surface area contributed by atoms with Crippen LogP contribution in [0.3, 0.4) is 0 Å². The van der Waals surface area contributed by atoms with Crippen LogP contribution in [0.1, 0.15) is 27.7 Å². The SMILES string of the molecule is Cc1cc(C)n(-c2ccc(CNCc3csc(C)n3)cn2)n1. The van der Waals surface area contributed by atoms with Crippen LogP contribution in [0.25, 0.3) is 5.82 Å². The van der Waals surface area contributed by atoms with Crippen LogP contribution in [-0.2, 0) is 13.1 Å². The second-order valence-electron chi connectivity index (χ2n) is 5.32. The van der Waals surface area contributed by atoms with Gasteiger partial charge in [0.15, 0.2) is 5.82 Å². The predicted octanol–water partition coefficient (Wildman–Crippen LogP) is 2.94. The Balaban J connectivity index is 1.61. The number of nitrogens with one attached hydrogen (secondary N) is 1. The van der Waals surface area contributed by atoms with Gasteiger partial charge >= 0.3 is 0 Å². The van der Waals surface area contributed by atoms with Crippen molar-refractivity contribution in [1.29, 1.82) is 0 Å². The van der Waals surface area contributed by atoms with E-state index in [-0.39, 0.29) is 0 Å². The summed E-state index contributed by atoms with van der Waals surface area (Å²) in [7, 11) is 0. The van der Waals surface area contributed by atoms with Crippen LogP contribution in [-0.4, -0.2) is 19.7 Å². The van der Waals surface area contributed by atoms with Crippen molar-refractivity contribution >= 4 is 11.3 Å². The van der Waals surface area contributed by atoms with E-state index < -0.39 is 0 Å². The van der Waals surface area contributed by atoms with Crippen LogP contribution < -0.4 is 5.32 Å². The molecule has 0 aliphatic heterocycles. The standard InChI is InChI=1S/C16H19N5S/c1-11-6-12(2)21(20-11)16-5-4-14(8-18-16)7-17-9-15-10-22-13(3)19-15/h4-6,8,10,17H,7,9H2,1-3H3. The molecule has 3 heterocycles. The van der Waals surface area contributed by atoms with Gasteiger partial charge in [-0.1, -0.05) is 6.07 Å². The zero-order valence-corrected chi connectivity index (χ0v) is 13.8. The maximum Gasteiger partial charge on any atom is 0.153 e. The Labute approximate surface area is 134 Å². The van der Waals surface area contributed by atoms with Gasteiger partial charge in [-0.2, -0.15) is 5.10 Å². The van der Waals surface area contributed by atoms with Crippen molar-refractivity contribution in [3.63, 3.8) is 0 Å². The molecule has 5 nitrogen and oxygen atoms in total. The van der Waals surface area contributed by atoms with Crippen molar-refractivity contribution in [1.82, 2.24) is 25.1 Å². The third kappa shape index (κ3) is 3.40. The molecule has 0 bridgehead atoms. The molecule has 0 fully saturated rings. The summed E-state index contributed by atoms with van der Waals surface area (Å²) >= 11 is 1.68. The van der Waals surface area contributed by atoms with E-state index in [1.165, 1.54) is 0 Å². The number of aromatic nitrogens is 4. The maximum absolute atomic E-state index is 4.50. The fraction of sp³-hybridized carbons (Fsp3) is 0.312. The smallest absolute Gasteiger partial charge is 0.153 e. The Morgan fingerprint density at radius 1 is 1.18 bits per heavy atom. The van der Waals surface area contributed by atoms with Crippen LogP contribution in [0, 0.1) is 20.8 Å². The largest absolute Gasteiger partial charge is 0.307 e. The summed E-state index contributed by atoms with van der Waals surface area (Å²) in [5.41, 5.74) is 4.34.